The van der Waals surface area contributed by atoms with Gasteiger partial charge in [0.05, 0.1) is 12.6 Å². The summed E-state index contributed by atoms with van der Waals surface area (Å²) >= 11 is 0. The molecule has 0 aliphatic carbocycles. The van der Waals surface area contributed by atoms with E-state index in [0.29, 0.717) is 18.9 Å². The van der Waals surface area contributed by atoms with Crippen LogP contribution < -0.4 is 5.32 Å². The number of aromatic nitrogens is 4. The minimum absolute atomic E-state index is 0.365. The third-order valence-corrected chi connectivity index (χ3v) is 3.54. The van der Waals surface area contributed by atoms with Gasteiger partial charge in [-0.15, -0.1) is 10.2 Å². The van der Waals surface area contributed by atoms with Crippen molar-refractivity contribution in [3.05, 3.63) is 30.3 Å². The predicted octanol–water partition coefficient (Wildman–Crippen LogP) is -0.394. The van der Waals surface area contributed by atoms with Crippen LogP contribution in [0.2, 0.25) is 0 Å². The Bertz CT molecular complexity index is 552. The molecule has 1 atom stereocenters. The highest BCUT2D eigenvalue weighted by atomic mass is 16.3. The molecule has 2 N–H and O–H groups in total. The number of aliphatic hydroxyl groups excluding tert-OH is 1. The molecule has 0 bridgehead atoms. The van der Waals surface area contributed by atoms with Crippen molar-refractivity contribution in [2.24, 2.45) is 0 Å². The van der Waals surface area contributed by atoms with Crippen molar-refractivity contribution >= 4 is 0 Å². The van der Waals surface area contributed by atoms with Crippen LogP contribution >= 0.6 is 0 Å². The maximum Gasteiger partial charge on any atom is 0.204 e. The molecule has 1 fully saturated rings. The maximum absolute atomic E-state index is 10.1. The third kappa shape index (κ3) is 3.84. The number of hydrogen-bond donors (Lipinski definition) is 2. The van der Waals surface area contributed by atoms with Gasteiger partial charge in [-0.1, -0.05) is 30.3 Å². The molecule has 0 spiro atoms. The molecule has 0 saturated carbocycles. The summed E-state index contributed by atoms with van der Waals surface area (Å²) in [6, 6.07) is 9.72. The summed E-state index contributed by atoms with van der Waals surface area (Å²) in [5, 5.41) is 25.8. The van der Waals surface area contributed by atoms with E-state index < -0.39 is 6.10 Å². The number of rotatable bonds is 5. The van der Waals surface area contributed by atoms with E-state index in [1.54, 1.807) is 0 Å². The monoisotopic (exact) mass is 288 g/mol. The Hall–Kier alpha value is -1.83. The van der Waals surface area contributed by atoms with E-state index in [-0.39, 0.29) is 0 Å². The Morgan fingerprint density at radius 2 is 1.90 bits per heavy atom. The van der Waals surface area contributed by atoms with Gasteiger partial charge in [-0.25, -0.2) is 0 Å². The topological polar surface area (TPSA) is 79.1 Å². The Morgan fingerprint density at radius 1 is 1.14 bits per heavy atom. The van der Waals surface area contributed by atoms with Crippen molar-refractivity contribution in [1.29, 1.82) is 0 Å². The van der Waals surface area contributed by atoms with E-state index >= 15 is 0 Å². The molecule has 2 aromatic rings. The Morgan fingerprint density at radius 3 is 2.67 bits per heavy atom. The maximum atomic E-state index is 10.1. The molecule has 1 unspecified atom stereocenters. The summed E-state index contributed by atoms with van der Waals surface area (Å²) in [6.45, 7) is 4.90. The number of nitrogens with zero attached hydrogens (tertiary/aromatic N) is 5. The van der Waals surface area contributed by atoms with Crippen LogP contribution in [0.1, 0.15) is 0 Å². The van der Waals surface area contributed by atoms with Crippen LogP contribution in [-0.4, -0.2) is 69.0 Å². The average molecular weight is 288 g/mol. The van der Waals surface area contributed by atoms with Crippen LogP contribution in [0.25, 0.3) is 11.4 Å². The largest absolute Gasteiger partial charge is 0.390 e. The molecule has 2 heterocycles. The summed E-state index contributed by atoms with van der Waals surface area (Å²) in [7, 11) is 0. The van der Waals surface area contributed by atoms with Gasteiger partial charge in [0, 0.05) is 38.3 Å². The normalized spacial score (nSPS) is 17.8. The Kier molecular flexibility index (Phi) is 4.54. The summed E-state index contributed by atoms with van der Waals surface area (Å²) in [5.74, 6) is 0.588. The van der Waals surface area contributed by atoms with Gasteiger partial charge in [0.1, 0.15) is 0 Å². The molecule has 1 saturated heterocycles. The van der Waals surface area contributed by atoms with Crippen LogP contribution in [0.15, 0.2) is 30.3 Å². The SMILES string of the molecule is OC(CN1CCNCC1)Cn1nnc(-c2ccccc2)n1. The number of tetrazole rings is 1. The van der Waals surface area contributed by atoms with Gasteiger partial charge in [-0.3, -0.25) is 4.90 Å². The predicted molar refractivity (Wildman–Crippen MR) is 78.6 cm³/mol. The number of benzene rings is 1. The number of piperazine rings is 1. The van der Waals surface area contributed by atoms with Crippen molar-refractivity contribution in [3.63, 3.8) is 0 Å². The van der Waals surface area contributed by atoms with Crippen LogP contribution in [-0.2, 0) is 6.54 Å². The van der Waals surface area contributed by atoms with Crippen molar-refractivity contribution in [2.75, 3.05) is 32.7 Å². The first-order chi connectivity index (χ1) is 10.3. The zero-order valence-corrected chi connectivity index (χ0v) is 11.9. The lowest BCUT2D eigenvalue weighted by molar-refractivity contribution is 0.0850. The van der Waals surface area contributed by atoms with Crippen LogP contribution in [0.5, 0.6) is 0 Å². The van der Waals surface area contributed by atoms with Crippen molar-refractivity contribution in [1.82, 2.24) is 30.4 Å². The summed E-state index contributed by atoms with van der Waals surface area (Å²) in [4.78, 5) is 3.71. The minimum Gasteiger partial charge on any atom is -0.390 e. The zero-order valence-electron chi connectivity index (χ0n) is 11.9. The first-order valence-corrected chi connectivity index (χ1v) is 7.25. The van der Waals surface area contributed by atoms with E-state index in [0.717, 1.165) is 31.7 Å². The van der Waals surface area contributed by atoms with Gasteiger partial charge in [-0.05, 0) is 5.21 Å². The zero-order chi connectivity index (χ0) is 14.5. The Balaban J connectivity index is 1.56. The van der Waals surface area contributed by atoms with Crippen molar-refractivity contribution in [2.45, 2.75) is 12.6 Å². The highest BCUT2D eigenvalue weighted by Crippen LogP contribution is 2.11. The fraction of sp³-hybridized carbons (Fsp3) is 0.500. The molecular formula is C14H20N6O. The molecule has 1 aliphatic heterocycles. The first kappa shape index (κ1) is 14.1. The highest BCUT2D eigenvalue weighted by molar-refractivity contribution is 5.52. The average Bonchev–Trinajstić information content (AvgIpc) is 2.97. The molecule has 0 radical (unpaired) electrons. The quantitative estimate of drug-likeness (QED) is 0.780. The fourth-order valence-electron chi connectivity index (χ4n) is 2.46. The molecule has 3 rings (SSSR count). The second-order valence-corrected chi connectivity index (χ2v) is 5.24. The molecular weight excluding hydrogens is 268 g/mol. The van der Waals surface area contributed by atoms with Crippen molar-refractivity contribution in [3.8, 4) is 11.4 Å². The molecule has 1 aromatic heterocycles. The molecule has 21 heavy (non-hydrogen) atoms. The molecule has 7 nitrogen and oxygen atoms in total. The minimum atomic E-state index is -0.485. The molecule has 7 heteroatoms. The van der Waals surface area contributed by atoms with Gasteiger partial charge in [-0.2, -0.15) is 4.80 Å². The van der Waals surface area contributed by atoms with E-state index in [1.807, 2.05) is 30.3 Å². The van der Waals surface area contributed by atoms with Gasteiger partial charge in [0.25, 0.3) is 0 Å². The van der Waals surface area contributed by atoms with Crippen LogP contribution in [0.4, 0.5) is 0 Å². The van der Waals surface area contributed by atoms with Crippen LogP contribution in [0, 0.1) is 0 Å². The second kappa shape index (κ2) is 6.75. The Labute approximate surface area is 123 Å². The lowest BCUT2D eigenvalue weighted by atomic mass is 10.2. The smallest absolute Gasteiger partial charge is 0.204 e. The summed E-state index contributed by atoms with van der Waals surface area (Å²) in [5.41, 5.74) is 0.931. The van der Waals surface area contributed by atoms with E-state index in [4.69, 9.17) is 0 Å². The summed E-state index contributed by atoms with van der Waals surface area (Å²) < 4.78 is 0. The van der Waals surface area contributed by atoms with Gasteiger partial charge >= 0.3 is 0 Å². The summed E-state index contributed by atoms with van der Waals surface area (Å²) in [6.07, 6.45) is -0.485. The number of aliphatic hydroxyl groups is 1. The lowest BCUT2D eigenvalue weighted by Gasteiger charge is -2.28. The van der Waals surface area contributed by atoms with E-state index in [1.165, 1.54) is 4.80 Å². The molecule has 0 amide bonds. The molecule has 1 aliphatic rings. The van der Waals surface area contributed by atoms with Gasteiger partial charge in [0.2, 0.25) is 5.82 Å². The number of nitrogens with one attached hydrogen (secondary N) is 1. The number of β-amino-alcohol motifs (C(OH)–C–C–N with tert-alkyl or cyclic N) is 1. The third-order valence-electron chi connectivity index (χ3n) is 3.54. The standard InChI is InChI=1S/C14H20N6O/c21-13(10-19-8-6-15-7-9-19)11-20-17-14(16-18-20)12-4-2-1-3-5-12/h1-5,13,15,21H,6-11H2. The van der Waals surface area contributed by atoms with Crippen LogP contribution in [0.3, 0.4) is 0 Å². The van der Waals surface area contributed by atoms with Crippen molar-refractivity contribution < 1.29 is 5.11 Å². The first-order valence-electron chi connectivity index (χ1n) is 7.25. The fourth-order valence-corrected chi connectivity index (χ4v) is 2.46. The lowest BCUT2D eigenvalue weighted by Crippen LogP contribution is -2.47. The molecule has 112 valence electrons. The second-order valence-electron chi connectivity index (χ2n) is 5.24. The molecule has 1 aromatic carbocycles. The van der Waals surface area contributed by atoms with Gasteiger partial charge < -0.3 is 10.4 Å². The number of hydrogen-bond acceptors (Lipinski definition) is 6. The highest BCUT2D eigenvalue weighted by Gasteiger charge is 2.16. The van der Waals surface area contributed by atoms with E-state index in [9.17, 15) is 5.11 Å². The van der Waals surface area contributed by atoms with Gasteiger partial charge in [0.15, 0.2) is 0 Å². The van der Waals surface area contributed by atoms with E-state index in [2.05, 4.69) is 25.6 Å².